The average Bonchev–Trinajstić information content (AvgIpc) is 1.82. The topological polar surface area (TPSA) is 105 Å². The highest BCUT2D eigenvalue weighted by atomic mass is 16.3. The Hall–Kier alpha value is -0.810. The van der Waals surface area contributed by atoms with Gasteiger partial charge in [0.1, 0.15) is 0 Å². The molecule has 0 aliphatic rings. The van der Waals surface area contributed by atoms with Crippen LogP contribution < -0.4 is 11.5 Å². The lowest BCUT2D eigenvalue weighted by Gasteiger charge is -2.09. The fourth-order valence-corrected chi connectivity index (χ4v) is 0.351. The molecule has 0 spiro atoms. The molecule has 0 saturated carbocycles. The van der Waals surface area contributed by atoms with E-state index >= 15 is 0 Å². The molecule has 0 heterocycles. The molecular weight excluding hydrogens is 134 g/mol. The van der Waals surface area contributed by atoms with Crippen LogP contribution in [0.3, 0.4) is 0 Å². The zero-order chi connectivity index (χ0) is 8.15. The normalized spacial score (nSPS) is 15.9. The van der Waals surface area contributed by atoms with Crippen LogP contribution in [0, 0.1) is 0 Å². The minimum absolute atomic E-state index is 0.0417. The molecule has 60 valence electrons. The Labute approximate surface area is 59.4 Å². The van der Waals surface area contributed by atoms with Gasteiger partial charge in [0, 0.05) is 0 Å². The SMILES string of the molecule is CC(O)C(O)CN=C(N)N. The van der Waals surface area contributed by atoms with Crippen LogP contribution in [0.4, 0.5) is 0 Å². The molecule has 0 radical (unpaired) electrons. The van der Waals surface area contributed by atoms with Crippen LogP contribution in [0.15, 0.2) is 4.99 Å². The van der Waals surface area contributed by atoms with Crippen LogP contribution in [0.5, 0.6) is 0 Å². The highest BCUT2D eigenvalue weighted by Crippen LogP contribution is 1.91. The molecule has 10 heavy (non-hydrogen) atoms. The fraction of sp³-hybridized carbons (Fsp3) is 0.800. The van der Waals surface area contributed by atoms with Gasteiger partial charge >= 0.3 is 0 Å². The van der Waals surface area contributed by atoms with Gasteiger partial charge < -0.3 is 21.7 Å². The Morgan fingerprint density at radius 1 is 1.50 bits per heavy atom. The summed E-state index contributed by atoms with van der Waals surface area (Å²) in [4.78, 5) is 3.51. The summed E-state index contributed by atoms with van der Waals surface area (Å²) in [7, 11) is 0. The lowest BCUT2D eigenvalue weighted by atomic mass is 10.2. The van der Waals surface area contributed by atoms with Gasteiger partial charge in [-0.15, -0.1) is 0 Å². The number of aliphatic hydroxyl groups is 2. The van der Waals surface area contributed by atoms with E-state index in [-0.39, 0.29) is 12.5 Å². The first-order valence-electron chi connectivity index (χ1n) is 2.95. The summed E-state index contributed by atoms with van der Waals surface area (Å²) in [6, 6.07) is 0. The summed E-state index contributed by atoms with van der Waals surface area (Å²) in [5, 5.41) is 17.6. The van der Waals surface area contributed by atoms with Crippen molar-refractivity contribution in [3.05, 3.63) is 0 Å². The van der Waals surface area contributed by atoms with Crippen molar-refractivity contribution in [2.24, 2.45) is 16.5 Å². The molecule has 0 rings (SSSR count). The smallest absolute Gasteiger partial charge is 0.186 e. The van der Waals surface area contributed by atoms with E-state index < -0.39 is 12.2 Å². The molecule has 0 saturated heterocycles. The van der Waals surface area contributed by atoms with Crippen molar-refractivity contribution in [1.29, 1.82) is 0 Å². The van der Waals surface area contributed by atoms with Gasteiger partial charge in [0.05, 0.1) is 18.8 Å². The quantitative estimate of drug-likeness (QED) is 0.274. The van der Waals surface area contributed by atoms with Crippen molar-refractivity contribution in [2.45, 2.75) is 19.1 Å². The van der Waals surface area contributed by atoms with E-state index in [1.54, 1.807) is 0 Å². The summed E-state index contributed by atoms with van der Waals surface area (Å²) < 4.78 is 0. The second kappa shape index (κ2) is 4.08. The Morgan fingerprint density at radius 3 is 2.30 bits per heavy atom. The molecule has 5 heteroatoms. The Balaban J connectivity index is 3.59. The van der Waals surface area contributed by atoms with E-state index in [1.807, 2.05) is 0 Å². The van der Waals surface area contributed by atoms with E-state index in [2.05, 4.69) is 4.99 Å². The van der Waals surface area contributed by atoms with Crippen molar-refractivity contribution in [3.63, 3.8) is 0 Å². The van der Waals surface area contributed by atoms with Crippen molar-refractivity contribution >= 4 is 5.96 Å². The van der Waals surface area contributed by atoms with Gasteiger partial charge in [-0.1, -0.05) is 0 Å². The first-order valence-corrected chi connectivity index (χ1v) is 2.95. The maximum atomic E-state index is 8.91. The summed E-state index contributed by atoms with van der Waals surface area (Å²) in [5.74, 6) is -0.0836. The predicted octanol–water partition coefficient (Wildman–Crippen LogP) is -2.00. The van der Waals surface area contributed by atoms with Crippen LogP contribution >= 0.6 is 0 Å². The van der Waals surface area contributed by atoms with Crippen LogP contribution in [0.25, 0.3) is 0 Å². The molecule has 2 atom stereocenters. The molecule has 0 aromatic heterocycles. The molecule has 0 aromatic rings. The van der Waals surface area contributed by atoms with Crippen LogP contribution in [-0.2, 0) is 0 Å². The minimum Gasteiger partial charge on any atom is -0.391 e. The minimum atomic E-state index is -0.887. The first kappa shape index (κ1) is 9.19. The lowest BCUT2D eigenvalue weighted by molar-refractivity contribution is 0.0377. The number of nitrogens with two attached hydrogens (primary N) is 2. The summed E-state index contributed by atoms with van der Waals surface area (Å²) in [6.07, 6.45) is -1.69. The maximum Gasteiger partial charge on any atom is 0.186 e. The predicted molar refractivity (Wildman–Crippen MR) is 38.4 cm³/mol. The van der Waals surface area contributed by atoms with Gasteiger partial charge in [-0.25, -0.2) is 0 Å². The number of hydrogen-bond acceptors (Lipinski definition) is 3. The number of aliphatic imine (C=N–C) groups is 1. The van der Waals surface area contributed by atoms with E-state index in [0.29, 0.717) is 0 Å². The number of rotatable bonds is 3. The molecule has 6 N–H and O–H groups in total. The molecule has 0 aliphatic carbocycles. The second-order valence-corrected chi connectivity index (χ2v) is 2.07. The van der Waals surface area contributed by atoms with Gasteiger partial charge in [-0.3, -0.25) is 4.99 Å². The van der Waals surface area contributed by atoms with Gasteiger partial charge in [-0.05, 0) is 6.92 Å². The highest BCUT2D eigenvalue weighted by molar-refractivity contribution is 5.75. The summed E-state index contributed by atoms with van der Waals surface area (Å²) in [5.41, 5.74) is 9.95. The number of nitrogens with zero attached hydrogens (tertiary/aromatic N) is 1. The third-order valence-electron chi connectivity index (χ3n) is 1.02. The molecule has 0 aromatic carbocycles. The molecule has 0 aliphatic heterocycles. The summed E-state index contributed by atoms with van der Waals surface area (Å²) >= 11 is 0. The van der Waals surface area contributed by atoms with Crippen LogP contribution in [-0.4, -0.2) is 34.9 Å². The van der Waals surface area contributed by atoms with Crippen molar-refractivity contribution in [1.82, 2.24) is 0 Å². The van der Waals surface area contributed by atoms with Gasteiger partial charge in [0.25, 0.3) is 0 Å². The maximum absolute atomic E-state index is 8.91. The fourth-order valence-electron chi connectivity index (χ4n) is 0.351. The number of aliphatic hydroxyl groups excluding tert-OH is 2. The molecular formula is C5H13N3O2. The average molecular weight is 147 g/mol. The van der Waals surface area contributed by atoms with Crippen LogP contribution in [0.2, 0.25) is 0 Å². The van der Waals surface area contributed by atoms with Crippen molar-refractivity contribution < 1.29 is 10.2 Å². The molecule has 5 nitrogen and oxygen atoms in total. The first-order chi connectivity index (χ1) is 4.54. The van der Waals surface area contributed by atoms with E-state index in [1.165, 1.54) is 6.92 Å². The molecule has 0 amide bonds. The standard InChI is InChI=1S/C5H13N3O2/c1-3(9)4(10)2-8-5(6)7/h3-4,9-10H,2H2,1H3,(H4,6,7,8). The van der Waals surface area contributed by atoms with Gasteiger partial charge in [0.15, 0.2) is 5.96 Å². The van der Waals surface area contributed by atoms with Crippen molar-refractivity contribution in [3.8, 4) is 0 Å². The Kier molecular flexibility index (Phi) is 3.75. The van der Waals surface area contributed by atoms with Gasteiger partial charge in [-0.2, -0.15) is 0 Å². The molecule has 0 fully saturated rings. The third-order valence-corrected chi connectivity index (χ3v) is 1.02. The third kappa shape index (κ3) is 4.11. The largest absolute Gasteiger partial charge is 0.391 e. The zero-order valence-electron chi connectivity index (χ0n) is 5.86. The zero-order valence-corrected chi connectivity index (χ0v) is 5.86. The molecule has 2 unspecified atom stereocenters. The van der Waals surface area contributed by atoms with Gasteiger partial charge in [0.2, 0.25) is 0 Å². The monoisotopic (exact) mass is 147 g/mol. The van der Waals surface area contributed by atoms with Crippen molar-refractivity contribution in [2.75, 3.05) is 6.54 Å². The second-order valence-electron chi connectivity index (χ2n) is 2.07. The number of guanidine groups is 1. The van der Waals surface area contributed by atoms with Crippen LogP contribution in [0.1, 0.15) is 6.92 Å². The number of hydrogen-bond donors (Lipinski definition) is 4. The van der Waals surface area contributed by atoms with E-state index in [9.17, 15) is 0 Å². The lowest BCUT2D eigenvalue weighted by Crippen LogP contribution is -2.29. The van der Waals surface area contributed by atoms with E-state index in [0.717, 1.165) is 0 Å². The summed E-state index contributed by atoms with van der Waals surface area (Å²) in [6.45, 7) is 1.51. The Morgan fingerprint density at radius 2 is 2.00 bits per heavy atom. The van der Waals surface area contributed by atoms with E-state index in [4.69, 9.17) is 21.7 Å². The highest BCUT2D eigenvalue weighted by Gasteiger charge is 2.08. The molecule has 0 bridgehead atoms. The Bertz CT molecular complexity index is 120.